The lowest BCUT2D eigenvalue weighted by Gasteiger charge is -2.32. The molecule has 15 nitrogen and oxygen atoms in total. The molecule has 0 radical (unpaired) electrons. The Morgan fingerprint density at radius 2 is 1.02 bits per heavy atom. The van der Waals surface area contributed by atoms with E-state index in [1.165, 1.54) is 38.5 Å². The summed E-state index contributed by atoms with van der Waals surface area (Å²) in [6, 6.07) is 10.6. The van der Waals surface area contributed by atoms with E-state index in [9.17, 15) is 34.6 Å². The van der Waals surface area contributed by atoms with Gasteiger partial charge >= 0.3 is 11.9 Å². The highest BCUT2D eigenvalue weighted by Crippen LogP contribution is 2.43. The Labute approximate surface area is 335 Å². The first-order chi connectivity index (χ1) is 25.8. The van der Waals surface area contributed by atoms with Crippen LogP contribution in [0.5, 0.6) is 0 Å². The van der Waals surface area contributed by atoms with Gasteiger partial charge in [-0.15, -0.1) is 0 Å². The van der Waals surface area contributed by atoms with Gasteiger partial charge in [-0.3, -0.25) is 25.0 Å². The molecule has 2 fully saturated rings. The van der Waals surface area contributed by atoms with Gasteiger partial charge in [0.15, 0.2) is 0 Å². The zero-order valence-electron chi connectivity index (χ0n) is 31.5. The monoisotopic (exact) mass is 804 g/mol. The summed E-state index contributed by atoms with van der Waals surface area (Å²) in [5, 5.41) is 27.6. The molecular formula is C40H60N4O11S. The second-order valence-corrected chi connectivity index (χ2v) is 14.2. The van der Waals surface area contributed by atoms with E-state index in [0.29, 0.717) is 36.6 Å². The maximum Gasteiger partial charge on any atom is 0.328 e. The molecule has 0 heterocycles. The number of nitrogens with one attached hydrogen (secondary N) is 2. The van der Waals surface area contributed by atoms with Crippen LogP contribution in [0.1, 0.15) is 90.2 Å². The summed E-state index contributed by atoms with van der Waals surface area (Å²) in [6.45, 7) is 1.10. The number of carbonyl (C=O) groups excluding carboxylic acids is 3. The largest absolute Gasteiger partial charge is 0.467 e. The lowest BCUT2D eigenvalue weighted by molar-refractivity contribution is -0.385. The average molecular weight is 805 g/mol. The van der Waals surface area contributed by atoms with Gasteiger partial charge in [0.2, 0.25) is 5.91 Å². The number of carbonyl (C=O) groups is 3. The van der Waals surface area contributed by atoms with Crippen molar-refractivity contribution in [3.63, 3.8) is 0 Å². The minimum Gasteiger partial charge on any atom is -0.467 e. The first-order valence-electron chi connectivity index (χ1n) is 18.1. The summed E-state index contributed by atoms with van der Waals surface area (Å²) in [5.41, 5.74) is 0.825. The predicted octanol–water partition coefficient (Wildman–Crippen LogP) is 6.86. The van der Waals surface area contributed by atoms with Crippen LogP contribution in [-0.2, 0) is 46.2 Å². The fourth-order valence-corrected chi connectivity index (χ4v) is 7.60. The second kappa shape index (κ2) is 24.2. The third-order valence-corrected chi connectivity index (χ3v) is 11.0. The first kappa shape index (κ1) is 49.5. The van der Waals surface area contributed by atoms with Crippen molar-refractivity contribution in [2.45, 2.75) is 104 Å². The van der Waals surface area contributed by atoms with Crippen molar-refractivity contribution in [3.05, 3.63) is 79.9 Å². The van der Waals surface area contributed by atoms with Crippen LogP contribution >= 0.6 is 12.2 Å². The van der Waals surface area contributed by atoms with Crippen molar-refractivity contribution in [2.24, 2.45) is 10.8 Å². The quantitative estimate of drug-likeness (QED) is 0.0687. The highest BCUT2D eigenvalue weighted by atomic mass is 32.1. The van der Waals surface area contributed by atoms with Crippen molar-refractivity contribution >= 4 is 46.4 Å². The molecule has 2 aromatic carbocycles. The molecule has 2 aliphatic carbocycles. The summed E-state index contributed by atoms with van der Waals surface area (Å²) < 4.78 is 20.2. The number of hydrogen-bond acceptors (Lipinski definition) is 12. The molecule has 1 amide bonds. The highest BCUT2D eigenvalue weighted by molar-refractivity contribution is 7.80. The third kappa shape index (κ3) is 13.9. The number of esters is 2. The molecule has 0 unspecified atom stereocenters. The van der Waals surface area contributed by atoms with Crippen LogP contribution in [-0.4, -0.2) is 86.4 Å². The maximum atomic E-state index is 13.0. The molecule has 0 bridgehead atoms. The minimum absolute atomic E-state index is 0. The van der Waals surface area contributed by atoms with Gasteiger partial charge in [-0.1, -0.05) is 77.0 Å². The standard InChI is InChI=1S/C19H26N2O6.C19H26N2O5S.2CH4/c1-26-12-11-19(9-3-4-10-19)18(23)20-16(17(22)27-2)13-14-5-7-15(8-6-14)21(24)25;1-25-12-11-19(9-3-4-10-19)18(27)20-16(17(22)26-2)13-14-5-7-15(8-6-14)21(23)24;;/h5-8,16H,3-4,9-13H2,1-2H3,(H,20,23);5-8,16H,3-4,9-13H2,1-2H3,(H,20,27);2*1H4/t2*16-;;/m00../s1. The number of nitro groups is 2. The average Bonchev–Trinajstić information content (AvgIpc) is 3.87. The van der Waals surface area contributed by atoms with Gasteiger partial charge in [-0.25, -0.2) is 9.59 Å². The van der Waals surface area contributed by atoms with E-state index in [-0.39, 0.29) is 44.0 Å². The normalized spacial score (nSPS) is 15.9. The SMILES string of the molecule is C.C.COCCC1(C(=O)N[C@@H](Cc2ccc([N+](=O)[O-])cc2)C(=O)OC)CCCC1.COCCC1(C(=S)N[C@@H](Cc2ccc([N+](=O)[O-])cc2)C(=O)OC)CCCC1. The zero-order valence-corrected chi connectivity index (χ0v) is 32.3. The molecule has 0 saturated heterocycles. The zero-order chi connectivity index (χ0) is 39.7. The Bertz CT molecular complexity index is 1460. The van der Waals surface area contributed by atoms with Crippen LogP contribution in [0.15, 0.2) is 48.5 Å². The fourth-order valence-electron chi connectivity index (χ4n) is 7.15. The first-order valence-corrected chi connectivity index (χ1v) is 18.5. The van der Waals surface area contributed by atoms with Crippen LogP contribution < -0.4 is 10.6 Å². The topological polar surface area (TPSA) is 198 Å². The Kier molecular flexibility index (Phi) is 21.4. The van der Waals surface area contributed by atoms with Gasteiger partial charge < -0.3 is 29.6 Å². The van der Waals surface area contributed by atoms with Gasteiger partial charge in [-0.2, -0.15) is 0 Å². The molecule has 0 spiro atoms. The summed E-state index contributed by atoms with van der Waals surface area (Å²) in [4.78, 5) is 58.8. The van der Waals surface area contributed by atoms with E-state index in [1.807, 2.05) is 0 Å². The van der Waals surface area contributed by atoms with E-state index in [4.69, 9.17) is 31.2 Å². The van der Waals surface area contributed by atoms with Crippen molar-refractivity contribution < 1.29 is 43.2 Å². The molecule has 2 atom stereocenters. The molecule has 4 rings (SSSR count). The Morgan fingerprint density at radius 3 is 1.38 bits per heavy atom. The molecule has 2 saturated carbocycles. The number of thiocarbonyl (C=S) groups is 1. The third-order valence-electron chi connectivity index (χ3n) is 10.4. The number of nitrogens with zero attached hydrogens (tertiary/aromatic N) is 2. The molecular weight excluding hydrogens is 745 g/mol. The Morgan fingerprint density at radius 1 is 0.661 bits per heavy atom. The van der Waals surface area contributed by atoms with E-state index < -0.39 is 39.3 Å². The molecule has 2 N–H and O–H groups in total. The number of methoxy groups -OCH3 is 4. The summed E-state index contributed by atoms with van der Waals surface area (Å²) >= 11 is 5.69. The summed E-state index contributed by atoms with van der Waals surface area (Å²) in [5.74, 6) is -1.11. The predicted molar refractivity (Wildman–Crippen MR) is 217 cm³/mol. The van der Waals surface area contributed by atoms with Gasteiger partial charge in [0.1, 0.15) is 12.1 Å². The second-order valence-electron chi connectivity index (χ2n) is 13.8. The highest BCUT2D eigenvalue weighted by Gasteiger charge is 2.42. The van der Waals surface area contributed by atoms with Crippen molar-refractivity contribution in [3.8, 4) is 0 Å². The van der Waals surface area contributed by atoms with Gasteiger partial charge in [0.25, 0.3) is 11.4 Å². The molecule has 2 aliphatic rings. The molecule has 16 heteroatoms. The van der Waals surface area contributed by atoms with Crippen LogP contribution in [0, 0.1) is 31.1 Å². The molecule has 0 aliphatic heterocycles. The van der Waals surface area contributed by atoms with Crippen LogP contribution in [0.2, 0.25) is 0 Å². The lowest BCUT2D eigenvalue weighted by atomic mass is 9.81. The van der Waals surface area contributed by atoms with Gasteiger partial charge in [-0.05, 0) is 49.7 Å². The summed E-state index contributed by atoms with van der Waals surface area (Å²) in [6.07, 6.45) is 9.64. The van der Waals surface area contributed by atoms with E-state index >= 15 is 0 Å². The smallest absolute Gasteiger partial charge is 0.328 e. The van der Waals surface area contributed by atoms with Gasteiger partial charge in [0.05, 0.1) is 34.5 Å². The number of nitro benzene ring substituents is 2. The number of non-ortho nitro benzene ring substituents is 2. The Balaban J connectivity index is 0.000000541. The van der Waals surface area contributed by atoms with Crippen molar-refractivity contribution in [2.75, 3.05) is 41.7 Å². The minimum atomic E-state index is -0.844. The van der Waals surface area contributed by atoms with E-state index in [1.54, 1.807) is 38.5 Å². The number of ether oxygens (including phenoxy) is 4. The number of amides is 1. The van der Waals surface area contributed by atoms with Crippen molar-refractivity contribution in [1.82, 2.24) is 10.6 Å². The van der Waals surface area contributed by atoms with E-state index in [0.717, 1.165) is 63.4 Å². The van der Waals surface area contributed by atoms with Crippen LogP contribution in [0.4, 0.5) is 11.4 Å². The fraction of sp³-hybridized carbons (Fsp3) is 0.600. The number of hydrogen-bond donors (Lipinski definition) is 2. The van der Waals surface area contributed by atoms with Crippen LogP contribution in [0.3, 0.4) is 0 Å². The summed E-state index contributed by atoms with van der Waals surface area (Å²) in [7, 11) is 5.89. The maximum absolute atomic E-state index is 13.0. The number of benzene rings is 2. The van der Waals surface area contributed by atoms with Crippen molar-refractivity contribution in [1.29, 1.82) is 0 Å². The number of rotatable bonds is 18. The molecule has 0 aromatic heterocycles. The molecule has 56 heavy (non-hydrogen) atoms. The molecule has 2 aromatic rings. The molecule has 312 valence electrons. The Hall–Kier alpha value is -4.54. The van der Waals surface area contributed by atoms with E-state index in [2.05, 4.69) is 10.6 Å². The lowest BCUT2D eigenvalue weighted by Crippen LogP contribution is -2.49. The van der Waals surface area contributed by atoms with Crippen LogP contribution in [0.25, 0.3) is 0 Å². The van der Waals surface area contributed by atoms with Gasteiger partial charge in [0, 0.05) is 70.0 Å².